The molecule has 4 aromatic heterocycles. The maximum atomic E-state index is 13.0. The molecule has 0 radical (unpaired) electrons. The molecule has 0 spiro atoms. The largest absolute Gasteiger partial charge is 0.381 e. The number of H-pyrrole nitrogens is 1. The molecule has 0 aromatic carbocycles. The number of anilines is 1. The van der Waals surface area contributed by atoms with Crippen LogP contribution in [0.4, 0.5) is 5.95 Å². The number of nitrogens with one attached hydrogen (secondary N) is 3. The van der Waals surface area contributed by atoms with Gasteiger partial charge in [-0.2, -0.15) is 10.1 Å². The van der Waals surface area contributed by atoms with Crippen molar-refractivity contribution in [3.63, 3.8) is 0 Å². The Hall–Kier alpha value is -3.50. The fourth-order valence-electron chi connectivity index (χ4n) is 5.16. The van der Waals surface area contributed by atoms with Gasteiger partial charge in [-0.1, -0.05) is 0 Å². The molecule has 2 fully saturated rings. The Labute approximate surface area is 209 Å². The standard InChI is InChI=1S/C26H32N8O2/c1-33-7-2-17(3-8-33)13-28-26-29-15-21-20(14-27-24(21)32-26)18-4-9-34-23(12-18)22(16-30-34)25(35)31-19-5-10-36-11-6-19/h4,9,12,14-17,19H,2-3,5-8,10-11,13H2,1H3,(H,31,35)(H2,27,28,29,32). The smallest absolute Gasteiger partial charge is 0.255 e. The van der Waals surface area contributed by atoms with Crippen LogP contribution in [0.25, 0.3) is 27.7 Å². The Morgan fingerprint density at radius 1 is 1.19 bits per heavy atom. The van der Waals surface area contributed by atoms with Crippen molar-refractivity contribution in [3.05, 3.63) is 42.5 Å². The van der Waals surface area contributed by atoms with Gasteiger partial charge in [0, 0.05) is 55.3 Å². The average molecular weight is 489 g/mol. The van der Waals surface area contributed by atoms with Crippen molar-refractivity contribution >= 4 is 28.4 Å². The third-order valence-corrected chi connectivity index (χ3v) is 7.45. The summed E-state index contributed by atoms with van der Waals surface area (Å²) >= 11 is 0. The molecule has 36 heavy (non-hydrogen) atoms. The third kappa shape index (κ3) is 4.66. The van der Waals surface area contributed by atoms with Crippen molar-refractivity contribution in [2.45, 2.75) is 31.7 Å². The average Bonchev–Trinajstić information content (AvgIpc) is 3.52. The fraction of sp³-hybridized carbons (Fsp3) is 0.462. The number of hydrogen-bond donors (Lipinski definition) is 3. The van der Waals surface area contributed by atoms with Crippen molar-refractivity contribution in [1.29, 1.82) is 0 Å². The number of likely N-dealkylation sites (tertiary alicyclic amines) is 1. The van der Waals surface area contributed by atoms with Crippen molar-refractivity contribution in [1.82, 2.24) is 34.8 Å². The van der Waals surface area contributed by atoms with Crippen LogP contribution in [0.2, 0.25) is 0 Å². The molecule has 10 heteroatoms. The number of carbonyl (C=O) groups excluding carboxylic acids is 1. The summed E-state index contributed by atoms with van der Waals surface area (Å²) in [6.07, 6.45) is 11.4. The van der Waals surface area contributed by atoms with E-state index in [9.17, 15) is 4.79 Å². The predicted octanol–water partition coefficient (Wildman–Crippen LogP) is 2.94. The lowest BCUT2D eigenvalue weighted by Gasteiger charge is -2.28. The number of fused-ring (bicyclic) bond motifs is 2. The minimum atomic E-state index is -0.100. The molecule has 0 bridgehead atoms. The number of carbonyl (C=O) groups is 1. The molecule has 3 N–H and O–H groups in total. The highest BCUT2D eigenvalue weighted by Gasteiger charge is 2.21. The van der Waals surface area contributed by atoms with E-state index in [4.69, 9.17) is 9.72 Å². The molecular formula is C26H32N8O2. The van der Waals surface area contributed by atoms with E-state index in [0.29, 0.717) is 30.6 Å². The van der Waals surface area contributed by atoms with Gasteiger partial charge in [0.2, 0.25) is 5.95 Å². The molecule has 188 valence electrons. The van der Waals surface area contributed by atoms with Gasteiger partial charge in [0.1, 0.15) is 5.65 Å². The van der Waals surface area contributed by atoms with E-state index >= 15 is 0 Å². The van der Waals surface area contributed by atoms with E-state index in [0.717, 1.165) is 60.2 Å². The summed E-state index contributed by atoms with van der Waals surface area (Å²) in [5, 5.41) is 11.9. The predicted molar refractivity (Wildman–Crippen MR) is 138 cm³/mol. The second-order valence-corrected chi connectivity index (χ2v) is 9.95. The van der Waals surface area contributed by atoms with Gasteiger partial charge in [-0.05, 0) is 69.4 Å². The topological polar surface area (TPSA) is 112 Å². The Morgan fingerprint density at radius 3 is 2.86 bits per heavy atom. The maximum absolute atomic E-state index is 13.0. The van der Waals surface area contributed by atoms with Gasteiger partial charge in [0.05, 0.1) is 17.3 Å². The summed E-state index contributed by atoms with van der Waals surface area (Å²) in [7, 11) is 2.18. The van der Waals surface area contributed by atoms with Gasteiger partial charge in [-0.15, -0.1) is 0 Å². The van der Waals surface area contributed by atoms with Gasteiger partial charge < -0.3 is 25.3 Å². The molecule has 0 unspecified atom stereocenters. The van der Waals surface area contributed by atoms with Crippen molar-refractivity contribution in [2.75, 3.05) is 45.2 Å². The molecular weight excluding hydrogens is 456 g/mol. The first-order chi connectivity index (χ1) is 17.6. The number of amides is 1. The number of hydrogen-bond acceptors (Lipinski definition) is 7. The lowest BCUT2D eigenvalue weighted by atomic mass is 9.97. The van der Waals surface area contributed by atoms with Gasteiger partial charge in [-0.25, -0.2) is 9.50 Å². The van der Waals surface area contributed by atoms with Crippen LogP contribution in [-0.4, -0.2) is 81.3 Å². The lowest BCUT2D eigenvalue weighted by molar-refractivity contribution is 0.0697. The Kier molecular flexibility index (Phi) is 6.28. The summed E-state index contributed by atoms with van der Waals surface area (Å²) in [4.78, 5) is 27.9. The highest BCUT2D eigenvalue weighted by molar-refractivity contribution is 6.02. The summed E-state index contributed by atoms with van der Waals surface area (Å²) in [5.74, 6) is 1.20. The molecule has 6 heterocycles. The van der Waals surface area contributed by atoms with Gasteiger partial charge in [0.15, 0.2) is 0 Å². The maximum Gasteiger partial charge on any atom is 0.255 e. The number of nitrogens with zero attached hydrogens (tertiary/aromatic N) is 5. The Bertz CT molecular complexity index is 1370. The first-order valence-corrected chi connectivity index (χ1v) is 12.8. The number of aromatic nitrogens is 5. The normalized spacial score (nSPS) is 18.1. The van der Waals surface area contributed by atoms with Crippen LogP contribution in [-0.2, 0) is 4.74 Å². The van der Waals surface area contributed by atoms with Crippen molar-refractivity contribution in [3.8, 4) is 11.1 Å². The number of piperidine rings is 1. The third-order valence-electron chi connectivity index (χ3n) is 7.45. The van der Waals surface area contributed by atoms with E-state index in [2.05, 4.69) is 37.6 Å². The van der Waals surface area contributed by atoms with E-state index in [-0.39, 0.29) is 11.9 Å². The molecule has 0 aliphatic carbocycles. The van der Waals surface area contributed by atoms with Crippen LogP contribution in [0.3, 0.4) is 0 Å². The summed E-state index contributed by atoms with van der Waals surface area (Å²) in [6.45, 7) is 4.55. The molecule has 2 aliphatic rings. The zero-order chi connectivity index (χ0) is 24.5. The zero-order valence-electron chi connectivity index (χ0n) is 20.5. The quantitative estimate of drug-likeness (QED) is 0.383. The first-order valence-electron chi connectivity index (χ1n) is 12.8. The Morgan fingerprint density at radius 2 is 2.03 bits per heavy atom. The molecule has 0 saturated carbocycles. The minimum absolute atomic E-state index is 0.100. The van der Waals surface area contributed by atoms with Crippen molar-refractivity contribution in [2.24, 2.45) is 5.92 Å². The van der Waals surface area contributed by atoms with Gasteiger partial charge in [-0.3, -0.25) is 4.79 Å². The van der Waals surface area contributed by atoms with Gasteiger partial charge >= 0.3 is 0 Å². The summed E-state index contributed by atoms with van der Waals surface area (Å²) in [6, 6.07) is 4.13. The molecule has 6 rings (SSSR count). The van der Waals surface area contributed by atoms with Crippen molar-refractivity contribution < 1.29 is 9.53 Å². The molecule has 10 nitrogen and oxygen atoms in total. The Balaban J connectivity index is 1.21. The second kappa shape index (κ2) is 9.87. The fourth-order valence-corrected chi connectivity index (χ4v) is 5.16. The van der Waals surface area contributed by atoms with Crippen LogP contribution < -0.4 is 10.6 Å². The number of rotatable bonds is 6. The van der Waals surface area contributed by atoms with Crippen LogP contribution >= 0.6 is 0 Å². The molecule has 2 saturated heterocycles. The van der Waals surface area contributed by atoms with Crippen LogP contribution in [0, 0.1) is 5.92 Å². The van der Waals surface area contributed by atoms with E-state index in [1.54, 1.807) is 10.7 Å². The van der Waals surface area contributed by atoms with Crippen LogP contribution in [0.5, 0.6) is 0 Å². The lowest BCUT2D eigenvalue weighted by Crippen LogP contribution is -2.38. The highest BCUT2D eigenvalue weighted by atomic mass is 16.5. The highest BCUT2D eigenvalue weighted by Crippen LogP contribution is 2.29. The molecule has 1 amide bonds. The SMILES string of the molecule is CN1CCC(CNc2ncc3c(-c4ccn5ncc(C(=O)NC6CCOCC6)c5c4)c[nH]c3n2)CC1. The van der Waals surface area contributed by atoms with E-state index < -0.39 is 0 Å². The monoisotopic (exact) mass is 488 g/mol. The van der Waals surface area contributed by atoms with E-state index in [1.165, 1.54) is 12.8 Å². The summed E-state index contributed by atoms with van der Waals surface area (Å²) < 4.78 is 7.13. The van der Waals surface area contributed by atoms with E-state index in [1.807, 2.05) is 30.7 Å². The van der Waals surface area contributed by atoms with Gasteiger partial charge in [0.25, 0.3) is 5.91 Å². The van der Waals surface area contributed by atoms with Crippen LogP contribution in [0.1, 0.15) is 36.0 Å². The number of pyridine rings is 1. The second-order valence-electron chi connectivity index (χ2n) is 9.95. The molecule has 0 atom stereocenters. The zero-order valence-corrected chi connectivity index (χ0v) is 20.5. The first kappa shape index (κ1) is 22.9. The minimum Gasteiger partial charge on any atom is -0.381 e. The molecule has 2 aliphatic heterocycles. The van der Waals surface area contributed by atoms with Crippen LogP contribution in [0.15, 0.2) is 36.9 Å². The number of aromatic amines is 1. The molecule has 4 aromatic rings. The number of ether oxygens (including phenoxy) is 1. The summed E-state index contributed by atoms with van der Waals surface area (Å²) in [5.41, 5.74) is 4.09.